The molecule has 0 radical (unpaired) electrons. The van der Waals surface area contributed by atoms with E-state index >= 15 is 0 Å². The van der Waals surface area contributed by atoms with Crippen molar-refractivity contribution < 1.29 is 19.4 Å². The van der Waals surface area contributed by atoms with Gasteiger partial charge in [0.2, 0.25) is 0 Å². The number of hydrogen-bond donors (Lipinski definition) is 3. The van der Waals surface area contributed by atoms with Gasteiger partial charge in [-0.05, 0) is 90.2 Å². The molecule has 9 rings (SSSR count). The number of hydrogen-bond acceptors (Lipinski definition) is 7. The lowest BCUT2D eigenvalue weighted by Crippen LogP contribution is -2.61. The second-order valence-electron chi connectivity index (χ2n) is 14.9. The highest BCUT2D eigenvalue weighted by Crippen LogP contribution is 2.55. The van der Waals surface area contributed by atoms with Gasteiger partial charge in [0.15, 0.2) is 11.4 Å². The lowest BCUT2D eigenvalue weighted by molar-refractivity contribution is -0.268. The van der Waals surface area contributed by atoms with Crippen LogP contribution in [0.1, 0.15) is 80.1 Å². The van der Waals surface area contributed by atoms with Crippen LogP contribution in [0.25, 0.3) is 11.1 Å². The van der Waals surface area contributed by atoms with Crippen molar-refractivity contribution in [1.29, 1.82) is 0 Å². The molecule has 1 aliphatic heterocycles. The van der Waals surface area contributed by atoms with Crippen molar-refractivity contribution in [3.8, 4) is 11.1 Å². The first-order valence-corrected chi connectivity index (χ1v) is 19.1. The molecule has 5 fully saturated rings. The van der Waals surface area contributed by atoms with Crippen molar-refractivity contribution in [3.05, 3.63) is 114 Å². The molecule has 4 aliphatic carbocycles. The Kier molecular flexibility index (Phi) is 9.66. The molecule has 0 spiro atoms. The molecule has 3 aromatic carbocycles. The van der Waals surface area contributed by atoms with E-state index in [0.717, 1.165) is 75.6 Å². The van der Waals surface area contributed by atoms with Crippen LogP contribution in [0, 0.1) is 23.7 Å². The molecular weight excluding hydrogens is 645 g/mol. The van der Waals surface area contributed by atoms with Crippen molar-refractivity contribution in [2.75, 3.05) is 5.75 Å². The minimum Gasteiger partial charge on any atom is -0.392 e. The van der Waals surface area contributed by atoms with Crippen LogP contribution >= 0.6 is 11.8 Å². The van der Waals surface area contributed by atoms with Gasteiger partial charge in [0.25, 0.3) is 0 Å². The number of nitrogens with one attached hydrogen (secondary N) is 2. The van der Waals surface area contributed by atoms with E-state index in [-0.39, 0.29) is 36.3 Å². The molecule has 1 aromatic heterocycles. The van der Waals surface area contributed by atoms with Gasteiger partial charge in [0, 0.05) is 41.7 Å². The maximum atomic E-state index is 13.2. The summed E-state index contributed by atoms with van der Waals surface area (Å²) < 4.78 is 13.3. The number of nitrogens with zero attached hydrogens (tertiary/aromatic N) is 2. The third-order valence-corrected chi connectivity index (χ3v) is 12.4. The maximum Gasteiger partial charge on any atom is 0.315 e. The van der Waals surface area contributed by atoms with E-state index in [4.69, 9.17) is 9.47 Å². The number of aromatic nitrogens is 2. The fraction of sp³-hybridized carbons (Fsp3) is 0.439. The van der Waals surface area contributed by atoms with Crippen LogP contribution in [-0.4, -0.2) is 38.5 Å². The van der Waals surface area contributed by atoms with E-state index in [1.807, 2.05) is 42.5 Å². The number of aliphatic hydroxyl groups excluding tert-OH is 1. The second kappa shape index (κ2) is 14.5. The average Bonchev–Trinajstić information content (AvgIpc) is 3.13. The number of rotatable bonds is 10. The molecule has 260 valence electrons. The van der Waals surface area contributed by atoms with Crippen molar-refractivity contribution in [2.45, 2.75) is 87.8 Å². The van der Waals surface area contributed by atoms with Crippen molar-refractivity contribution in [2.24, 2.45) is 23.7 Å². The van der Waals surface area contributed by atoms with Gasteiger partial charge in [-0.15, -0.1) is 0 Å². The van der Waals surface area contributed by atoms with Crippen LogP contribution < -0.4 is 10.6 Å². The first-order valence-electron chi connectivity index (χ1n) is 18.1. The summed E-state index contributed by atoms with van der Waals surface area (Å²) in [6.07, 6.45) is 10.1. The summed E-state index contributed by atoms with van der Waals surface area (Å²) in [4.78, 5) is 22.0. The zero-order valence-corrected chi connectivity index (χ0v) is 29.4. The Morgan fingerprint density at radius 2 is 1.52 bits per heavy atom. The molecule has 50 heavy (non-hydrogen) atoms. The van der Waals surface area contributed by atoms with E-state index in [0.29, 0.717) is 12.3 Å². The van der Waals surface area contributed by atoms with Crippen LogP contribution in [0.4, 0.5) is 4.79 Å². The maximum absolute atomic E-state index is 13.2. The summed E-state index contributed by atoms with van der Waals surface area (Å²) in [5.74, 6) is 3.12. The number of ether oxygens (including phenoxy) is 2. The Labute approximate surface area is 298 Å². The predicted molar refractivity (Wildman–Crippen MR) is 194 cm³/mol. The third kappa shape index (κ3) is 7.19. The molecule has 2 amide bonds. The van der Waals surface area contributed by atoms with Crippen LogP contribution in [0.15, 0.2) is 96.4 Å². The standard InChI is InChI=1S/C41H46N4O4S/c1-26-36(25-50-40-42-15-4-16-43-40)48-38(49-37(26)32-9-7-27(24-46)8-10-32)33-13-11-31(12-14-33)35-6-3-2-5-34(35)23-44-39(47)45-41-20-28-17-29(21-41)19-30(18-28)22-41/h2-16,26,28-30,36-38,46H,17-25H2,1H3,(H2,44,45,47)/t26-,28?,29?,30?,36+,37+,38+,41?/m1/s1. The third-order valence-electron chi connectivity index (χ3n) is 11.4. The van der Waals surface area contributed by atoms with Gasteiger partial charge >= 0.3 is 6.03 Å². The highest BCUT2D eigenvalue weighted by molar-refractivity contribution is 7.99. The molecule has 4 bridgehead atoms. The predicted octanol–water partition coefficient (Wildman–Crippen LogP) is 7.99. The zero-order valence-electron chi connectivity index (χ0n) is 28.5. The number of carbonyl (C=O) groups is 1. The minimum absolute atomic E-state index is 0.00398. The van der Waals surface area contributed by atoms with Crippen LogP contribution in [0.3, 0.4) is 0 Å². The molecule has 3 N–H and O–H groups in total. The van der Waals surface area contributed by atoms with E-state index in [9.17, 15) is 9.90 Å². The van der Waals surface area contributed by atoms with Gasteiger partial charge in [0.05, 0.1) is 18.8 Å². The van der Waals surface area contributed by atoms with Crippen LogP contribution in [0.5, 0.6) is 0 Å². The van der Waals surface area contributed by atoms with Gasteiger partial charge in [0.1, 0.15) is 0 Å². The summed E-state index contributed by atoms with van der Waals surface area (Å²) in [5, 5.41) is 16.9. The highest BCUT2D eigenvalue weighted by Gasteiger charge is 2.51. The Hall–Kier alpha value is -3.76. The largest absolute Gasteiger partial charge is 0.392 e. The summed E-state index contributed by atoms with van der Waals surface area (Å²) in [5.41, 5.74) is 6.09. The number of urea groups is 1. The lowest BCUT2D eigenvalue weighted by Gasteiger charge is -2.56. The average molecular weight is 691 g/mol. The Balaban J connectivity index is 0.962. The summed E-state index contributed by atoms with van der Waals surface area (Å²) >= 11 is 1.58. The molecule has 1 saturated heterocycles. The molecule has 8 nitrogen and oxygen atoms in total. The van der Waals surface area contributed by atoms with Gasteiger partial charge in [-0.3, -0.25) is 0 Å². The van der Waals surface area contributed by atoms with E-state index in [1.165, 1.54) is 19.3 Å². The van der Waals surface area contributed by atoms with E-state index < -0.39 is 6.29 Å². The normalized spacial score (nSPS) is 29.8. The first kappa shape index (κ1) is 33.4. The zero-order chi connectivity index (χ0) is 34.1. The first-order chi connectivity index (χ1) is 24.4. The van der Waals surface area contributed by atoms with Crippen molar-refractivity contribution in [1.82, 2.24) is 20.6 Å². The summed E-state index contributed by atoms with van der Waals surface area (Å²) in [6, 6.07) is 26.4. The van der Waals surface area contributed by atoms with Crippen LogP contribution in [0.2, 0.25) is 0 Å². The fourth-order valence-corrected chi connectivity index (χ4v) is 10.3. The van der Waals surface area contributed by atoms with Crippen LogP contribution in [-0.2, 0) is 22.6 Å². The van der Waals surface area contributed by atoms with Gasteiger partial charge < -0.3 is 25.2 Å². The van der Waals surface area contributed by atoms with Gasteiger partial charge in [-0.2, -0.15) is 0 Å². The monoisotopic (exact) mass is 690 g/mol. The van der Waals surface area contributed by atoms with Gasteiger partial charge in [-0.25, -0.2) is 14.8 Å². The molecule has 4 aromatic rings. The Bertz CT molecular complexity index is 1730. The van der Waals surface area contributed by atoms with E-state index in [1.54, 1.807) is 24.2 Å². The number of aliphatic hydroxyl groups is 1. The fourth-order valence-electron chi connectivity index (χ4n) is 9.33. The van der Waals surface area contributed by atoms with Crippen molar-refractivity contribution >= 4 is 17.8 Å². The molecule has 9 heteroatoms. The molecule has 4 atom stereocenters. The number of carbonyl (C=O) groups excluding carboxylic acids is 1. The smallest absolute Gasteiger partial charge is 0.315 e. The molecule has 5 aliphatic rings. The Morgan fingerprint density at radius 3 is 2.20 bits per heavy atom. The summed E-state index contributed by atoms with van der Waals surface area (Å²) in [6.45, 7) is 2.63. The van der Waals surface area contributed by atoms with E-state index in [2.05, 4.69) is 63.9 Å². The van der Waals surface area contributed by atoms with Crippen molar-refractivity contribution in [3.63, 3.8) is 0 Å². The number of thioether (sulfide) groups is 1. The number of benzene rings is 3. The SMILES string of the molecule is C[C@@H]1[C@H](CSc2ncccn2)O[C@H](c2ccc(-c3ccccc3CNC(=O)NC34CC5CC(CC(C5)C3)C4)cc2)O[C@@H]1c1ccc(CO)cc1. The molecule has 2 heterocycles. The lowest BCUT2D eigenvalue weighted by atomic mass is 9.53. The Morgan fingerprint density at radius 1 is 0.860 bits per heavy atom. The topological polar surface area (TPSA) is 106 Å². The highest BCUT2D eigenvalue weighted by atomic mass is 32.2. The van der Waals surface area contributed by atoms with Gasteiger partial charge in [-0.1, -0.05) is 91.5 Å². The molecule has 4 saturated carbocycles. The molecule has 0 unspecified atom stereocenters. The quantitative estimate of drug-likeness (QED) is 0.114. The second-order valence-corrected chi connectivity index (χ2v) is 15.9. The molecular formula is C41H46N4O4S. The summed E-state index contributed by atoms with van der Waals surface area (Å²) in [7, 11) is 0. The number of amides is 2. The minimum atomic E-state index is -0.560.